The first-order chi connectivity index (χ1) is 10.2. The van der Waals surface area contributed by atoms with Gasteiger partial charge in [-0.2, -0.15) is 0 Å². The van der Waals surface area contributed by atoms with Gasteiger partial charge in [-0.15, -0.1) is 12.4 Å². The molecule has 0 aromatic heterocycles. The topological polar surface area (TPSA) is 50.8 Å². The summed E-state index contributed by atoms with van der Waals surface area (Å²) in [5.74, 6) is 2.20. The molecule has 3 rings (SSSR count). The summed E-state index contributed by atoms with van der Waals surface area (Å²) in [7, 11) is 1.84. The smallest absolute Gasteiger partial charge is 0.222 e. The maximum atomic E-state index is 12.2. The van der Waals surface area contributed by atoms with Crippen LogP contribution in [0, 0.1) is 5.92 Å². The lowest BCUT2D eigenvalue weighted by Gasteiger charge is -2.30. The van der Waals surface area contributed by atoms with Crippen LogP contribution in [0.5, 0.6) is 11.5 Å². The average Bonchev–Trinajstić information content (AvgIpc) is 3.00. The lowest BCUT2D eigenvalue weighted by molar-refractivity contribution is -0.132. The Morgan fingerprint density at radius 2 is 2.14 bits per heavy atom. The fourth-order valence-electron chi connectivity index (χ4n) is 2.85. The molecule has 2 aliphatic heterocycles. The molecule has 1 amide bonds. The van der Waals surface area contributed by atoms with Crippen LogP contribution in [-0.4, -0.2) is 50.2 Å². The molecular formula is C16H23ClN2O3. The summed E-state index contributed by atoms with van der Waals surface area (Å²) in [6, 6.07) is 7.64. The van der Waals surface area contributed by atoms with Crippen LogP contribution in [0.2, 0.25) is 0 Å². The third-order valence-corrected chi connectivity index (χ3v) is 4.10. The Kier molecular flexibility index (Phi) is 5.91. The highest BCUT2D eigenvalue weighted by molar-refractivity contribution is 5.85. The molecule has 2 aliphatic rings. The van der Waals surface area contributed by atoms with Crippen molar-refractivity contribution in [1.29, 1.82) is 0 Å². The Hall–Kier alpha value is -1.46. The van der Waals surface area contributed by atoms with Gasteiger partial charge in [0, 0.05) is 13.5 Å². The van der Waals surface area contributed by atoms with Crippen molar-refractivity contribution in [2.24, 2.45) is 5.92 Å². The molecule has 1 N–H and O–H groups in total. The number of carbonyl (C=O) groups is 1. The van der Waals surface area contributed by atoms with Gasteiger partial charge < -0.3 is 19.7 Å². The van der Waals surface area contributed by atoms with Crippen LogP contribution in [0.15, 0.2) is 24.3 Å². The van der Waals surface area contributed by atoms with E-state index in [4.69, 9.17) is 9.47 Å². The molecule has 2 unspecified atom stereocenters. The minimum Gasteiger partial charge on any atom is -0.486 e. The van der Waals surface area contributed by atoms with Gasteiger partial charge in [0.25, 0.3) is 0 Å². The maximum absolute atomic E-state index is 12.2. The van der Waals surface area contributed by atoms with Crippen molar-refractivity contribution in [3.63, 3.8) is 0 Å². The second-order valence-corrected chi connectivity index (χ2v) is 5.83. The van der Waals surface area contributed by atoms with Crippen molar-refractivity contribution in [1.82, 2.24) is 10.2 Å². The van der Waals surface area contributed by atoms with E-state index in [0.29, 0.717) is 25.5 Å². The molecule has 2 atom stereocenters. The minimum atomic E-state index is -0.101. The van der Waals surface area contributed by atoms with E-state index in [2.05, 4.69) is 5.32 Å². The van der Waals surface area contributed by atoms with Crippen LogP contribution < -0.4 is 14.8 Å². The summed E-state index contributed by atoms with van der Waals surface area (Å²) < 4.78 is 11.6. The number of ether oxygens (including phenoxy) is 2. The molecule has 0 bridgehead atoms. The molecule has 2 heterocycles. The number of likely N-dealkylation sites (N-methyl/N-ethyl adjacent to an activating group) is 1. The number of nitrogens with zero attached hydrogens (tertiary/aromatic N) is 1. The Balaban J connectivity index is 0.00000176. The second-order valence-electron chi connectivity index (χ2n) is 5.83. The fraction of sp³-hybridized carbons (Fsp3) is 0.562. The van der Waals surface area contributed by atoms with Gasteiger partial charge in [0.15, 0.2) is 17.6 Å². The minimum absolute atomic E-state index is 0. The number of para-hydroxylation sites is 2. The quantitative estimate of drug-likeness (QED) is 0.915. The van der Waals surface area contributed by atoms with E-state index in [1.807, 2.05) is 31.3 Å². The number of halogens is 1. The van der Waals surface area contributed by atoms with Gasteiger partial charge >= 0.3 is 0 Å². The van der Waals surface area contributed by atoms with Crippen molar-refractivity contribution in [2.75, 3.05) is 33.3 Å². The van der Waals surface area contributed by atoms with Crippen LogP contribution in [0.3, 0.4) is 0 Å². The number of amides is 1. The number of rotatable bonds is 4. The fourth-order valence-corrected chi connectivity index (χ4v) is 2.85. The van der Waals surface area contributed by atoms with E-state index in [0.717, 1.165) is 31.0 Å². The monoisotopic (exact) mass is 326 g/mol. The highest BCUT2D eigenvalue weighted by Gasteiger charge is 2.25. The molecule has 0 spiro atoms. The Morgan fingerprint density at radius 1 is 1.36 bits per heavy atom. The van der Waals surface area contributed by atoms with Gasteiger partial charge in [-0.1, -0.05) is 12.1 Å². The predicted molar refractivity (Wildman–Crippen MR) is 86.8 cm³/mol. The average molecular weight is 327 g/mol. The first kappa shape index (κ1) is 16.9. The molecule has 0 saturated carbocycles. The SMILES string of the molecule is CN(CC1COc2ccccc2O1)C(=O)CC1CCNC1.Cl. The van der Waals surface area contributed by atoms with Gasteiger partial charge in [-0.05, 0) is 37.6 Å². The lowest BCUT2D eigenvalue weighted by Crippen LogP contribution is -2.42. The van der Waals surface area contributed by atoms with Crippen molar-refractivity contribution < 1.29 is 14.3 Å². The molecule has 122 valence electrons. The predicted octanol–water partition coefficient (Wildman–Crippen LogP) is 1.71. The highest BCUT2D eigenvalue weighted by Crippen LogP contribution is 2.31. The van der Waals surface area contributed by atoms with E-state index < -0.39 is 0 Å². The van der Waals surface area contributed by atoms with Gasteiger partial charge in [0.2, 0.25) is 5.91 Å². The van der Waals surface area contributed by atoms with Gasteiger partial charge in [-0.25, -0.2) is 0 Å². The zero-order valence-corrected chi connectivity index (χ0v) is 13.6. The molecule has 5 nitrogen and oxygen atoms in total. The molecule has 1 aromatic rings. The standard InChI is InChI=1S/C16H22N2O3.ClH/c1-18(16(19)8-12-6-7-17-9-12)10-13-11-20-14-4-2-3-5-15(14)21-13;/h2-5,12-13,17H,6-11H2,1H3;1H. The van der Waals surface area contributed by atoms with Gasteiger partial charge in [0.1, 0.15) is 6.61 Å². The normalized spacial score (nSPS) is 22.8. The van der Waals surface area contributed by atoms with Gasteiger partial charge in [0.05, 0.1) is 6.54 Å². The first-order valence-corrected chi connectivity index (χ1v) is 7.55. The highest BCUT2D eigenvalue weighted by atomic mass is 35.5. The molecule has 1 saturated heterocycles. The van der Waals surface area contributed by atoms with Crippen molar-refractivity contribution in [3.05, 3.63) is 24.3 Å². The van der Waals surface area contributed by atoms with Gasteiger partial charge in [-0.3, -0.25) is 4.79 Å². The third kappa shape index (κ3) is 4.05. The van der Waals surface area contributed by atoms with Crippen molar-refractivity contribution in [2.45, 2.75) is 18.9 Å². The molecular weight excluding hydrogens is 304 g/mol. The van der Waals surface area contributed by atoms with E-state index in [9.17, 15) is 4.79 Å². The first-order valence-electron chi connectivity index (χ1n) is 7.55. The Labute approximate surface area is 137 Å². The van der Waals surface area contributed by atoms with Crippen molar-refractivity contribution >= 4 is 18.3 Å². The van der Waals surface area contributed by atoms with Crippen LogP contribution in [0.4, 0.5) is 0 Å². The summed E-state index contributed by atoms with van der Waals surface area (Å²) in [6.07, 6.45) is 1.61. The molecule has 0 aliphatic carbocycles. The van der Waals surface area contributed by atoms with Crippen LogP contribution in [0.25, 0.3) is 0 Å². The number of carbonyl (C=O) groups excluding carboxylic acids is 1. The molecule has 1 aromatic carbocycles. The number of benzene rings is 1. The number of hydrogen-bond acceptors (Lipinski definition) is 4. The molecule has 6 heteroatoms. The van der Waals surface area contributed by atoms with E-state index >= 15 is 0 Å². The summed E-state index contributed by atoms with van der Waals surface area (Å²) in [6.45, 7) is 3.03. The largest absolute Gasteiger partial charge is 0.486 e. The van der Waals surface area contributed by atoms with E-state index in [1.165, 1.54) is 0 Å². The van der Waals surface area contributed by atoms with Crippen LogP contribution in [0.1, 0.15) is 12.8 Å². The number of hydrogen-bond donors (Lipinski definition) is 1. The summed E-state index contributed by atoms with van der Waals surface area (Å²) in [5.41, 5.74) is 0. The Morgan fingerprint density at radius 3 is 2.86 bits per heavy atom. The van der Waals surface area contributed by atoms with Crippen LogP contribution >= 0.6 is 12.4 Å². The maximum Gasteiger partial charge on any atom is 0.222 e. The third-order valence-electron chi connectivity index (χ3n) is 4.10. The van der Waals surface area contributed by atoms with E-state index in [-0.39, 0.29) is 24.4 Å². The molecule has 1 fully saturated rings. The Bertz CT molecular complexity index is 506. The molecule has 0 radical (unpaired) electrons. The zero-order valence-electron chi connectivity index (χ0n) is 12.8. The van der Waals surface area contributed by atoms with Crippen molar-refractivity contribution in [3.8, 4) is 11.5 Å². The second kappa shape index (κ2) is 7.70. The lowest BCUT2D eigenvalue weighted by atomic mass is 10.0. The number of nitrogens with one attached hydrogen (secondary N) is 1. The summed E-state index contributed by atoms with van der Waals surface area (Å²) in [4.78, 5) is 14.0. The molecule has 22 heavy (non-hydrogen) atoms. The summed E-state index contributed by atoms with van der Waals surface area (Å²) in [5, 5.41) is 3.29. The van der Waals surface area contributed by atoms with Crippen LogP contribution in [-0.2, 0) is 4.79 Å². The van der Waals surface area contributed by atoms with E-state index in [1.54, 1.807) is 4.90 Å². The zero-order chi connectivity index (χ0) is 14.7. The summed E-state index contributed by atoms with van der Waals surface area (Å²) >= 11 is 0. The number of fused-ring (bicyclic) bond motifs is 1.